The number of anilines is 1. The summed E-state index contributed by atoms with van der Waals surface area (Å²) in [6, 6.07) is 8.85. The highest BCUT2D eigenvalue weighted by Crippen LogP contribution is 2.40. The van der Waals surface area contributed by atoms with Gasteiger partial charge in [0.2, 0.25) is 12.3 Å². The van der Waals surface area contributed by atoms with E-state index in [9.17, 15) is 19.2 Å². The van der Waals surface area contributed by atoms with Gasteiger partial charge in [-0.15, -0.1) is 0 Å². The Labute approximate surface area is 270 Å². The van der Waals surface area contributed by atoms with Gasteiger partial charge in [0, 0.05) is 50.0 Å². The van der Waals surface area contributed by atoms with Crippen molar-refractivity contribution in [1.82, 2.24) is 19.4 Å². The molecule has 3 rings (SSSR count). The van der Waals surface area contributed by atoms with Crippen molar-refractivity contribution in [3.8, 4) is 16.9 Å². The summed E-state index contributed by atoms with van der Waals surface area (Å²) in [5.41, 5.74) is 3.96. The number of amidine groups is 1. The second kappa shape index (κ2) is 17.4. The fourth-order valence-electron chi connectivity index (χ4n) is 4.89. The van der Waals surface area contributed by atoms with Crippen LogP contribution in [0.3, 0.4) is 0 Å². The van der Waals surface area contributed by atoms with Crippen LogP contribution in [0, 0.1) is 0 Å². The molecular formula is C33H44N6O5S. The van der Waals surface area contributed by atoms with Gasteiger partial charge in [0.25, 0.3) is 5.91 Å². The molecule has 0 spiro atoms. The summed E-state index contributed by atoms with van der Waals surface area (Å²) < 4.78 is 9.22. The third kappa shape index (κ3) is 9.41. The first kappa shape index (κ1) is 35.3. The Morgan fingerprint density at radius 3 is 2.36 bits per heavy atom. The minimum absolute atomic E-state index is 0.0187. The largest absolute Gasteiger partial charge is 0.496 e. The van der Waals surface area contributed by atoms with E-state index in [1.165, 1.54) is 23.9 Å². The molecule has 0 unspecified atom stereocenters. The van der Waals surface area contributed by atoms with Crippen LogP contribution < -0.4 is 14.8 Å². The molecule has 0 radical (unpaired) electrons. The number of aliphatic imine (C=N–C) groups is 1. The average molecular weight is 637 g/mol. The van der Waals surface area contributed by atoms with Crippen molar-refractivity contribution in [3.63, 3.8) is 0 Å². The molecule has 0 fully saturated rings. The number of likely N-dealkylation sites (N-methyl/N-ethyl adjacent to an activating group) is 1. The molecule has 11 nitrogen and oxygen atoms in total. The van der Waals surface area contributed by atoms with Crippen molar-refractivity contribution in [2.75, 3.05) is 65.5 Å². The molecule has 45 heavy (non-hydrogen) atoms. The monoisotopic (exact) mass is 636 g/mol. The van der Waals surface area contributed by atoms with E-state index in [4.69, 9.17) is 9.73 Å². The lowest BCUT2D eigenvalue weighted by atomic mass is 9.97. The fraction of sp³-hybridized carbons (Fsp3) is 0.424. The van der Waals surface area contributed by atoms with Crippen LogP contribution in [-0.2, 0) is 14.4 Å². The zero-order valence-corrected chi connectivity index (χ0v) is 27.8. The molecular weight excluding hydrogens is 592 g/mol. The van der Waals surface area contributed by atoms with Crippen LogP contribution in [0.15, 0.2) is 40.9 Å². The van der Waals surface area contributed by atoms with E-state index in [0.717, 1.165) is 30.7 Å². The van der Waals surface area contributed by atoms with Gasteiger partial charge in [-0.1, -0.05) is 31.9 Å². The van der Waals surface area contributed by atoms with Crippen LogP contribution in [0.1, 0.15) is 49.0 Å². The molecule has 0 saturated heterocycles. The lowest BCUT2D eigenvalue weighted by Crippen LogP contribution is -2.34. The topological polar surface area (TPSA) is 124 Å². The predicted octanol–water partition coefficient (Wildman–Crippen LogP) is 4.47. The molecule has 1 aliphatic rings. The highest BCUT2D eigenvalue weighted by molar-refractivity contribution is 7.97. The normalized spacial score (nSPS) is 12.3. The lowest BCUT2D eigenvalue weighted by molar-refractivity contribution is -0.127. The third-order valence-corrected chi connectivity index (χ3v) is 7.91. The number of amides is 3. The van der Waals surface area contributed by atoms with Gasteiger partial charge >= 0.3 is 0 Å². The first-order valence-electron chi connectivity index (χ1n) is 15.0. The quantitative estimate of drug-likeness (QED) is 0.157. The molecule has 2 aromatic rings. The highest BCUT2D eigenvalue weighted by atomic mass is 32.2. The van der Waals surface area contributed by atoms with Gasteiger partial charge in [-0.25, -0.2) is 4.99 Å². The molecule has 1 heterocycles. The standard InChI is InChI=1S/C33H44N6O5S/c1-7-11-39(12-8-2)32(42)25-17-27-29(35-31(21-25)36-45-16-14-37(3)4)19-24(20-30(27)44-6)23-9-10-26(28(18-23)34-22-41)33(43)38(5)13-15-40/h9-10,15,17-20,22H,7-8,11-14,16,21H2,1-6H3,(H,34,41)(H,35,36). The number of carbonyl (C=O) groups excluding carboxylic acids is 4. The number of nitrogens with zero attached hydrogens (tertiary/aromatic N) is 4. The second-order valence-corrected chi connectivity index (χ2v) is 11.8. The van der Waals surface area contributed by atoms with Crippen LogP contribution >= 0.6 is 11.9 Å². The Morgan fingerprint density at radius 1 is 1.00 bits per heavy atom. The van der Waals surface area contributed by atoms with Crippen LogP contribution in [0.25, 0.3) is 17.2 Å². The summed E-state index contributed by atoms with van der Waals surface area (Å²) in [5.74, 6) is 1.60. The van der Waals surface area contributed by atoms with E-state index < -0.39 is 5.91 Å². The van der Waals surface area contributed by atoms with Gasteiger partial charge < -0.3 is 34.3 Å². The van der Waals surface area contributed by atoms with Crippen molar-refractivity contribution in [2.24, 2.45) is 4.99 Å². The average Bonchev–Trinajstić information content (AvgIpc) is 3.21. The van der Waals surface area contributed by atoms with Gasteiger partial charge in [0.1, 0.15) is 17.9 Å². The van der Waals surface area contributed by atoms with Gasteiger partial charge in [-0.05, 0) is 68.4 Å². The van der Waals surface area contributed by atoms with Crippen LogP contribution in [0.4, 0.5) is 11.4 Å². The Bertz CT molecular complexity index is 1430. The van der Waals surface area contributed by atoms with E-state index in [1.54, 1.807) is 25.3 Å². The minimum Gasteiger partial charge on any atom is -0.496 e. The summed E-state index contributed by atoms with van der Waals surface area (Å²) in [7, 11) is 7.13. The molecule has 1 aliphatic heterocycles. The first-order chi connectivity index (χ1) is 21.7. The molecule has 242 valence electrons. The van der Waals surface area contributed by atoms with Crippen molar-refractivity contribution >= 4 is 59.7 Å². The van der Waals surface area contributed by atoms with E-state index >= 15 is 0 Å². The lowest BCUT2D eigenvalue weighted by Gasteiger charge is -2.23. The van der Waals surface area contributed by atoms with Crippen molar-refractivity contribution in [3.05, 3.63) is 47.0 Å². The Hall–Kier alpha value is -4.16. The van der Waals surface area contributed by atoms with Gasteiger partial charge in [-0.2, -0.15) is 0 Å². The number of hydrogen-bond donors (Lipinski definition) is 2. The summed E-state index contributed by atoms with van der Waals surface area (Å²) >= 11 is 1.54. The second-order valence-electron chi connectivity index (χ2n) is 10.9. The van der Waals surface area contributed by atoms with E-state index in [-0.39, 0.29) is 18.0 Å². The first-order valence-corrected chi connectivity index (χ1v) is 16.0. The zero-order chi connectivity index (χ0) is 32.9. The summed E-state index contributed by atoms with van der Waals surface area (Å²) in [5, 5.41) is 2.62. The number of fused-ring (bicyclic) bond motifs is 1. The Morgan fingerprint density at radius 2 is 1.73 bits per heavy atom. The molecule has 2 N–H and O–H groups in total. The Kier molecular flexibility index (Phi) is 13.6. The third-order valence-electron chi connectivity index (χ3n) is 7.14. The van der Waals surface area contributed by atoms with E-state index in [0.29, 0.717) is 71.9 Å². The molecule has 2 aromatic carbocycles. The zero-order valence-electron chi connectivity index (χ0n) is 27.0. The smallest absolute Gasteiger partial charge is 0.256 e. The van der Waals surface area contributed by atoms with Gasteiger partial charge in [0.05, 0.1) is 30.6 Å². The number of nitrogens with one attached hydrogen (secondary N) is 2. The van der Waals surface area contributed by atoms with Crippen molar-refractivity contribution < 1.29 is 23.9 Å². The van der Waals surface area contributed by atoms with Crippen molar-refractivity contribution in [2.45, 2.75) is 33.1 Å². The summed E-state index contributed by atoms with van der Waals surface area (Å²) in [4.78, 5) is 59.4. The fourth-order valence-corrected chi connectivity index (χ4v) is 5.73. The maximum atomic E-state index is 13.8. The highest BCUT2D eigenvalue weighted by Gasteiger charge is 2.24. The maximum absolute atomic E-state index is 13.8. The van der Waals surface area contributed by atoms with Gasteiger partial charge in [-0.3, -0.25) is 14.4 Å². The summed E-state index contributed by atoms with van der Waals surface area (Å²) in [6.45, 7) is 6.28. The summed E-state index contributed by atoms with van der Waals surface area (Å²) in [6.07, 6.45) is 5.09. The van der Waals surface area contributed by atoms with E-state index in [2.05, 4.69) is 28.8 Å². The molecule has 0 bridgehead atoms. The molecule has 3 amide bonds. The molecule has 0 saturated carbocycles. The number of carbonyl (C=O) groups is 4. The number of hydrogen-bond acceptors (Lipinski definition) is 9. The number of ether oxygens (including phenoxy) is 1. The minimum atomic E-state index is -0.396. The van der Waals surface area contributed by atoms with E-state index in [1.807, 2.05) is 37.2 Å². The maximum Gasteiger partial charge on any atom is 0.256 e. The van der Waals surface area contributed by atoms with Crippen LogP contribution in [-0.4, -0.2) is 105 Å². The molecule has 12 heteroatoms. The predicted molar refractivity (Wildman–Crippen MR) is 182 cm³/mol. The van der Waals surface area contributed by atoms with Gasteiger partial charge in [0.15, 0.2) is 0 Å². The SMILES string of the molecule is CCCN(CCC)C(=O)C1=Cc2c(cc(-c3ccc(C(=O)N(C)CC=O)c(NC=O)c3)cc2OC)N=C(NSCCN(C)C)C1. The Balaban J connectivity index is 2.13. The number of methoxy groups -OCH3 is 1. The van der Waals surface area contributed by atoms with Crippen LogP contribution in [0.5, 0.6) is 5.75 Å². The number of rotatable bonds is 16. The molecule has 0 atom stereocenters. The molecule has 0 aliphatic carbocycles. The number of benzene rings is 2. The number of aldehydes is 1. The van der Waals surface area contributed by atoms with Crippen LogP contribution in [0.2, 0.25) is 0 Å². The molecule has 0 aromatic heterocycles. The van der Waals surface area contributed by atoms with Crippen molar-refractivity contribution in [1.29, 1.82) is 0 Å².